The lowest BCUT2D eigenvalue weighted by molar-refractivity contribution is -0.147. The minimum Gasteiger partial charge on any atom is -0.456 e. The van der Waals surface area contributed by atoms with Gasteiger partial charge in [-0.15, -0.1) is 0 Å². The summed E-state index contributed by atoms with van der Waals surface area (Å²) < 4.78 is 4.90. The number of nitrogens with one attached hydrogen (secondary N) is 1. The summed E-state index contributed by atoms with van der Waals surface area (Å²) in [6.07, 6.45) is -0.127. The molecule has 0 aliphatic rings. The lowest BCUT2D eigenvalue weighted by Crippen LogP contribution is -2.21. The number of nitrogens with zero attached hydrogens (tertiary/aromatic N) is 1. The molecule has 0 bridgehead atoms. The van der Waals surface area contributed by atoms with Gasteiger partial charge in [-0.1, -0.05) is 29.3 Å². The Morgan fingerprint density at radius 3 is 2.57 bits per heavy atom. The molecule has 28 heavy (non-hydrogen) atoms. The van der Waals surface area contributed by atoms with E-state index in [9.17, 15) is 14.4 Å². The summed E-state index contributed by atoms with van der Waals surface area (Å²) in [6, 6.07) is 11.9. The van der Waals surface area contributed by atoms with Crippen molar-refractivity contribution in [3.05, 3.63) is 63.7 Å². The van der Waals surface area contributed by atoms with Gasteiger partial charge in [0.25, 0.3) is 5.91 Å². The lowest BCUT2D eigenvalue weighted by atomic mass is 9.99. The summed E-state index contributed by atoms with van der Waals surface area (Å²) in [7, 11) is 0. The van der Waals surface area contributed by atoms with Gasteiger partial charge >= 0.3 is 5.97 Å². The molecule has 0 atom stereocenters. The van der Waals surface area contributed by atoms with Gasteiger partial charge in [0, 0.05) is 17.0 Å². The summed E-state index contributed by atoms with van der Waals surface area (Å²) in [4.78, 5) is 36.0. The molecule has 0 saturated carbocycles. The van der Waals surface area contributed by atoms with E-state index in [2.05, 4.69) is 5.32 Å². The maximum absolute atomic E-state index is 12.3. The SMILES string of the molecule is Cc1ccc(C)c(C(=O)CCC(=O)OCC(=O)Nc2cc(Cl)ccc2C#N)c1. The number of nitriles is 1. The number of anilines is 1. The molecule has 0 fully saturated rings. The second-order valence-electron chi connectivity index (χ2n) is 6.25. The van der Waals surface area contributed by atoms with Crippen LogP contribution in [-0.4, -0.2) is 24.3 Å². The first-order chi connectivity index (χ1) is 13.3. The second kappa shape index (κ2) is 9.67. The molecule has 0 aliphatic heterocycles. The zero-order valence-corrected chi connectivity index (χ0v) is 16.3. The minimum atomic E-state index is -0.652. The molecule has 6 nitrogen and oxygen atoms in total. The third kappa shape index (κ3) is 5.93. The van der Waals surface area contributed by atoms with Crippen LogP contribution in [0.15, 0.2) is 36.4 Å². The van der Waals surface area contributed by atoms with Crippen molar-refractivity contribution in [3.8, 4) is 6.07 Å². The predicted molar refractivity (Wildman–Crippen MR) is 105 cm³/mol. The number of carbonyl (C=O) groups excluding carboxylic acids is 3. The predicted octanol–water partition coefficient (Wildman–Crippen LogP) is 3.97. The van der Waals surface area contributed by atoms with E-state index < -0.39 is 18.5 Å². The molecule has 2 rings (SSSR count). The first-order valence-electron chi connectivity index (χ1n) is 8.55. The van der Waals surface area contributed by atoms with Gasteiger partial charge < -0.3 is 10.1 Å². The number of hydrogen-bond donors (Lipinski definition) is 1. The first-order valence-corrected chi connectivity index (χ1v) is 8.93. The molecular weight excluding hydrogens is 380 g/mol. The third-order valence-electron chi connectivity index (χ3n) is 3.99. The Labute approximate surface area is 168 Å². The molecule has 0 aliphatic carbocycles. The van der Waals surface area contributed by atoms with E-state index in [1.54, 1.807) is 6.07 Å². The number of carbonyl (C=O) groups is 3. The van der Waals surface area contributed by atoms with Gasteiger partial charge in [-0.2, -0.15) is 5.26 Å². The van der Waals surface area contributed by atoms with Crippen molar-refractivity contribution in [3.63, 3.8) is 0 Å². The second-order valence-corrected chi connectivity index (χ2v) is 6.69. The highest BCUT2D eigenvalue weighted by molar-refractivity contribution is 6.31. The first kappa shape index (κ1) is 21.1. The highest BCUT2D eigenvalue weighted by atomic mass is 35.5. The summed E-state index contributed by atoms with van der Waals surface area (Å²) in [5.74, 6) is -1.41. The number of aryl methyl sites for hydroxylation is 2. The summed E-state index contributed by atoms with van der Waals surface area (Å²) in [6.45, 7) is 3.20. The normalized spacial score (nSPS) is 10.1. The summed E-state index contributed by atoms with van der Waals surface area (Å²) >= 11 is 5.85. The summed E-state index contributed by atoms with van der Waals surface area (Å²) in [5.41, 5.74) is 2.86. The van der Waals surface area contributed by atoms with E-state index >= 15 is 0 Å². The Balaban J connectivity index is 1.83. The lowest BCUT2D eigenvalue weighted by Gasteiger charge is -2.09. The van der Waals surface area contributed by atoms with Crippen LogP contribution in [0.1, 0.15) is 39.9 Å². The van der Waals surface area contributed by atoms with Crippen molar-refractivity contribution in [2.24, 2.45) is 0 Å². The molecular formula is C21H19ClN2O4. The van der Waals surface area contributed by atoms with E-state index in [0.29, 0.717) is 10.6 Å². The highest BCUT2D eigenvalue weighted by Crippen LogP contribution is 2.20. The molecule has 0 saturated heterocycles. The van der Waals surface area contributed by atoms with Gasteiger partial charge in [0.15, 0.2) is 12.4 Å². The van der Waals surface area contributed by atoms with Crippen LogP contribution < -0.4 is 5.32 Å². The number of benzene rings is 2. The van der Waals surface area contributed by atoms with Gasteiger partial charge in [0.2, 0.25) is 0 Å². The quantitative estimate of drug-likeness (QED) is 0.562. The average Bonchev–Trinajstić information content (AvgIpc) is 2.66. The molecule has 7 heteroatoms. The Kier molecular flexibility index (Phi) is 7.30. The van der Waals surface area contributed by atoms with Gasteiger partial charge in [-0.05, 0) is 43.7 Å². The van der Waals surface area contributed by atoms with Gasteiger partial charge in [0.05, 0.1) is 17.7 Å². The van der Waals surface area contributed by atoms with Crippen LogP contribution in [-0.2, 0) is 14.3 Å². The van der Waals surface area contributed by atoms with Crippen molar-refractivity contribution >= 4 is 34.9 Å². The van der Waals surface area contributed by atoms with Crippen LogP contribution in [0.4, 0.5) is 5.69 Å². The maximum atomic E-state index is 12.3. The third-order valence-corrected chi connectivity index (χ3v) is 4.23. The topological polar surface area (TPSA) is 96.3 Å². The number of hydrogen-bond acceptors (Lipinski definition) is 5. The van der Waals surface area contributed by atoms with E-state index in [0.717, 1.165) is 11.1 Å². The largest absolute Gasteiger partial charge is 0.456 e. The Bertz CT molecular complexity index is 963. The molecule has 1 amide bonds. The number of esters is 1. The molecule has 2 aromatic carbocycles. The Morgan fingerprint density at radius 1 is 1.11 bits per heavy atom. The molecule has 0 spiro atoms. The standard InChI is InChI=1S/C21H19ClN2O4/c1-13-3-4-14(2)17(9-13)19(25)7-8-21(27)28-12-20(26)24-18-10-16(22)6-5-15(18)11-23/h3-6,9-10H,7-8,12H2,1-2H3,(H,24,26). The molecule has 0 aromatic heterocycles. The van der Waals surface area contributed by atoms with Gasteiger partial charge in [-0.25, -0.2) is 0 Å². The van der Waals surface area contributed by atoms with Gasteiger partial charge in [0.1, 0.15) is 6.07 Å². The molecule has 1 N–H and O–H groups in total. The number of ketones is 1. The van der Waals surface area contributed by atoms with Crippen LogP contribution in [0.2, 0.25) is 5.02 Å². The zero-order valence-electron chi connectivity index (χ0n) is 15.5. The molecule has 0 radical (unpaired) electrons. The van der Waals surface area contributed by atoms with Crippen molar-refractivity contribution < 1.29 is 19.1 Å². The molecule has 2 aromatic rings. The van der Waals surface area contributed by atoms with Crippen molar-refractivity contribution in [2.75, 3.05) is 11.9 Å². The van der Waals surface area contributed by atoms with Crippen molar-refractivity contribution in [1.82, 2.24) is 0 Å². The van der Waals surface area contributed by atoms with E-state index in [4.69, 9.17) is 21.6 Å². The van der Waals surface area contributed by atoms with Crippen LogP contribution in [0.5, 0.6) is 0 Å². The van der Waals surface area contributed by atoms with Crippen LogP contribution in [0.3, 0.4) is 0 Å². The van der Waals surface area contributed by atoms with Crippen LogP contribution in [0.25, 0.3) is 0 Å². The van der Waals surface area contributed by atoms with E-state index in [1.165, 1.54) is 18.2 Å². The average molecular weight is 399 g/mol. The van der Waals surface area contributed by atoms with E-state index in [-0.39, 0.29) is 29.9 Å². The number of amides is 1. The van der Waals surface area contributed by atoms with E-state index in [1.807, 2.05) is 32.0 Å². The molecule has 0 heterocycles. The zero-order chi connectivity index (χ0) is 20.7. The Hall–Kier alpha value is -3.17. The highest BCUT2D eigenvalue weighted by Gasteiger charge is 2.14. The number of ether oxygens (including phenoxy) is 1. The molecule has 0 unspecified atom stereocenters. The van der Waals surface area contributed by atoms with Crippen LogP contribution in [0, 0.1) is 25.2 Å². The Morgan fingerprint density at radius 2 is 1.86 bits per heavy atom. The van der Waals surface area contributed by atoms with Crippen LogP contribution >= 0.6 is 11.6 Å². The maximum Gasteiger partial charge on any atom is 0.306 e. The summed E-state index contributed by atoms with van der Waals surface area (Å²) in [5, 5.41) is 11.9. The number of Topliss-reactive ketones (excluding diaryl/α,β-unsaturated/α-hetero) is 1. The van der Waals surface area contributed by atoms with Crippen molar-refractivity contribution in [2.45, 2.75) is 26.7 Å². The monoisotopic (exact) mass is 398 g/mol. The smallest absolute Gasteiger partial charge is 0.306 e. The fourth-order valence-electron chi connectivity index (χ4n) is 2.51. The number of rotatable bonds is 7. The van der Waals surface area contributed by atoms with Gasteiger partial charge in [-0.3, -0.25) is 14.4 Å². The fourth-order valence-corrected chi connectivity index (χ4v) is 2.68. The fraction of sp³-hybridized carbons (Fsp3) is 0.238. The minimum absolute atomic E-state index is 0.00236. The molecule has 144 valence electrons. The number of halogens is 1. The van der Waals surface area contributed by atoms with Crippen molar-refractivity contribution in [1.29, 1.82) is 5.26 Å².